The number of rotatable bonds is 4. The van der Waals surface area contributed by atoms with Gasteiger partial charge in [0.05, 0.1) is 22.1 Å². The number of benzene rings is 9. The van der Waals surface area contributed by atoms with Crippen molar-refractivity contribution in [3.63, 3.8) is 0 Å². The van der Waals surface area contributed by atoms with Gasteiger partial charge in [-0.05, 0) is 104 Å². The Balaban J connectivity index is 1.01. The Morgan fingerprint density at radius 2 is 0.685 bits per heavy atom. The minimum atomic E-state index is 1.15. The Hall–Kier alpha value is -7.16. The van der Waals surface area contributed by atoms with E-state index >= 15 is 0 Å². The molecule has 1 aliphatic carbocycles. The SMILES string of the molecule is c1ccc(-n2c3ccccc3c3ccc(-c4ccc5c6ccccc6n(-c6ccc(-c7ccc8c9c(cccc79)-c7ccccc7-8)cc6)c5c4)cc32)cc1. The molecule has 12 rings (SSSR count). The lowest BCUT2D eigenvalue weighted by molar-refractivity contribution is 1.18. The van der Waals surface area contributed by atoms with Crippen LogP contribution in [0.2, 0.25) is 0 Å². The van der Waals surface area contributed by atoms with Crippen LogP contribution in [0.4, 0.5) is 0 Å². The van der Waals surface area contributed by atoms with Crippen molar-refractivity contribution < 1.29 is 0 Å². The molecule has 2 aromatic heterocycles. The lowest BCUT2D eigenvalue weighted by atomic mass is 9.94. The summed E-state index contributed by atoms with van der Waals surface area (Å²) in [7, 11) is 0. The smallest absolute Gasteiger partial charge is 0.0547 e. The van der Waals surface area contributed by atoms with Crippen molar-refractivity contribution in [1.82, 2.24) is 9.13 Å². The minimum Gasteiger partial charge on any atom is -0.309 e. The molecule has 2 nitrogen and oxygen atoms in total. The lowest BCUT2D eigenvalue weighted by Crippen LogP contribution is -1.94. The van der Waals surface area contributed by atoms with E-state index in [4.69, 9.17) is 0 Å². The molecule has 0 fully saturated rings. The number of nitrogens with zero attached hydrogens (tertiary/aromatic N) is 2. The summed E-state index contributed by atoms with van der Waals surface area (Å²) in [5.74, 6) is 0. The van der Waals surface area contributed by atoms with Crippen molar-refractivity contribution in [3.8, 4) is 55.9 Å². The van der Waals surface area contributed by atoms with Crippen molar-refractivity contribution >= 4 is 54.4 Å². The largest absolute Gasteiger partial charge is 0.309 e. The van der Waals surface area contributed by atoms with Crippen molar-refractivity contribution in [3.05, 3.63) is 194 Å². The maximum atomic E-state index is 2.43. The van der Waals surface area contributed by atoms with E-state index in [-0.39, 0.29) is 0 Å². The molecule has 2 heterocycles. The standard InChI is InChI=1S/C52H32N2/c1-2-11-36(12-3-1)53-48-19-8-6-15-41(48)43-27-23-34(31-50(43)53)35-24-28-44-42-16-7-9-20-49(42)54(51(44)32-35)37-25-21-33(22-26-37)38-29-30-47-40-14-5-4-13-39(40)46-18-10-17-45(38)52(46)47/h1-32H. The van der Waals surface area contributed by atoms with E-state index in [0.717, 1.165) is 5.69 Å². The summed E-state index contributed by atoms with van der Waals surface area (Å²) >= 11 is 0. The fraction of sp³-hybridized carbons (Fsp3) is 0. The second kappa shape index (κ2) is 11.2. The van der Waals surface area contributed by atoms with Crippen LogP contribution in [0.5, 0.6) is 0 Å². The van der Waals surface area contributed by atoms with Gasteiger partial charge >= 0.3 is 0 Å². The second-order valence-corrected chi connectivity index (χ2v) is 14.5. The molecule has 1 aliphatic rings. The fourth-order valence-corrected chi connectivity index (χ4v) is 9.28. The van der Waals surface area contributed by atoms with Crippen LogP contribution in [0.3, 0.4) is 0 Å². The van der Waals surface area contributed by atoms with Crippen molar-refractivity contribution in [1.29, 1.82) is 0 Å². The molecule has 0 radical (unpaired) electrons. The molecule has 0 bridgehead atoms. The van der Waals surface area contributed by atoms with Crippen molar-refractivity contribution in [2.24, 2.45) is 0 Å². The summed E-state index contributed by atoms with van der Waals surface area (Å²) in [5.41, 5.74) is 17.4. The zero-order chi connectivity index (χ0) is 35.3. The van der Waals surface area contributed by atoms with E-state index in [1.165, 1.54) is 105 Å². The normalized spacial score (nSPS) is 12.1. The highest BCUT2D eigenvalue weighted by molar-refractivity contribution is 6.19. The number of hydrogen-bond acceptors (Lipinski definition) is 0. The third kappa shape index (κ3) is 4.11. The van der Waals surface area contributed by atoms with Gasteiger partial charge in [0.15, 0.2) is 0 Å². The number of aromatic nitrogens is 2. The molecule has 0 unspecified atom stereocenters. The molecule has 0 saturated heterocycles. The van der Waals surface area contributed by atoms with E-state index < -0.39 is 0 Å². The van der Waals surface area contributed by atoms with Gasteiger partial charge in [-0.3, -0.25) is 0 Å². The zero-order valence-electron chi connectivity index (χ0n) is 29.4. The minimum absolute atomic E-state index is 1.15. The first-order valence-electron chi connectivity index (χ1n) is 18.7. The van der Waals surface area contributed by atoms with Crippen LogP contribution in [0.15, 0.2) is 194 Å². The van der Waals surface area contributed by atoms with Gasteiger partial charge in [0.2, 0.25) is 0 Å². The quantitative estimate of drug-likeness (QED) is 0.175. The van der Waals surface area contributed by atoms with Gasteiger partial charge in [-0.25, -0.2) is 0 Å². The lowest BCUT2D eigenvalue weighted by Gasteiger charge is -2.13. The average molecular weight is 685 g/mol. The Kier molecular flexibility index (Phi) is 6.09. The Labute approximate surface area is 312 Å². The molecule has 0 saturated carbocycles. The van der Waals surface area contributed by atoms with Crippen molar-refractivity contribution in [2.45, 2.75) is 0 Å². The summed E-state index contributed by atoms with van der Waals surface area (Å²) < 4.78 is 4.83. The number of fused-ring (bicyclic) bond motifs is 9. The highest BCUT2D eigenvalue weighted by Crippen LogP contribution is 2.49. The van der Waals surface area contributed by atoms with E-state index in [1.807, 2.05) is 0 Å². The highest BCUT2D eigenvalue weighted by atomic mass is 15.0. The van der Waals surface area contributed by atoms with Gasteiger partial charge in [-0.15, -0.1) is 0 Å². The molecule has 0 aliphatic heterocycles. The van der Waals surface area contributed by atoms with Crippen LogP contribution in [-0.4, -0.2) is 9.13 Å². The molecule has 0 amide bonds. The molecule has 9 aromatic carbocycles. The Morgan fingerprint density at radius 1 is 0.241 bits per heavy atom. The van der Waals surface area contributed by atoms with Crippen molar-refractivity contribution in [2.75, 3.05) is 0 Å². The van der Waals surface area contributed by atoms with E-state index in [9.17, 15) is 0 Å². The predicted molar refractivity (Wildman–Crippen MR) is 228 cm³/mol. The molecular formula is C52H32N2. The van der Waals surface area contributed by atoms with Crippen LogP contribution < -0.4 is 0 Å². The summed E-state index contributed by atoms with van der Waals surface area (Å²) in [4.78, 5) is 0. The molecule has 2 heteroatoms. The van der Waals surface area contributed by atoms with Gasteiger partial charge < -0.3 is 9.13 Å². The van der Waals surface area contributed by atoms with Gasteiger partial charge in [0, 0.05) is 32.9 Å². The Morgan fingerprint density at radius 3 is 1.31 bits per heavy atom. The van der Waals surface area contributed by atoms with E-state index in [0.29, 0.717) is 0 Å². The first kappa shape index (κ1) is 29.4. The number of para-hydroxylation sites is 3. The molecule has 54 heavy (non-hydrogen) atoms. The maximum Gasteiger partial charge on any atom is 0.0547 e. The van der Waals surface area contributed by atoms with Gasteiger partial charge in [-0.1, -0.05) is 146 Å². The van der Waals surface area contributed by atoms with E-state index in [2.05, 4.69) is 203 Å². The van der Waals surface area contributed by atoms with Gasteiger partial charge in [0.1, 0.15) is 0 Å². The van der Waals surface area contributed by atoms with Gasteiger partial charge in [-0.2, -0.15) is 0 Å². The molecule has 0 spiro atoms. The molecule has 0 N–H and O–H groups in total. The van der Waals surface area contributed by atoms with E-state index in [1.54, 1.807) is 0 Å². The summed E-state index contributed by atoms with van der Waals surface area (Å²) in [5, 5.41) is 7.71. The fourth-order valence-electron chi connectivity index (χ4n) is 9.28. The molecule has 11 aromatic rings. The topological polar surface area (TPSA) is 9.86 Å². The summed E-state index contributed by atoms with van der Waals surface area (Å²) in [6.45, 7) is 0. The van der Waals surface area contributed by atoms with Crippen LogP contribution in [0, 0.1) is 0 Å². The third-order valence-electron chi connectivity index (χ3n) is 11.7. The predicted octanol–water partition coefficient (Wildman–Crippen LogP) is 14.0. The first-order chi connectivity index (χ1) is 26.8. The first-order valence-corrected chi connectivity index (χ1v) is 18.7. The molecular weight excluding hydrogens is 653 g/mol. The average Bonchev–Trinajstić information content (AvgIpc) is 3.87. The number of hydrogen-bond donors (Lipinski definition) is 0. The maximum absolute atomic E-state index is 2.43. The molecule has 0 atom stereocenters. The van der Waals surface area contributed by atoms with Crippen LogP contribution >= 0.6 is 0 Å². The van der Waals surface area contributed by atoms with Crippen LogP contribution in [0.25, 0.3) is 110 Å². The van der Waals surface area contributed by atoms with Gasteiger partial charge in [0.25, 0.3) is 0 Å². The van der Waals surface area contributed by atoms with Crippen LogP contribution in [-0.2, 0) is 0 Å². The monoisotopic (exact) mass is 684 g/mol. The summed E-state index contributed by atoms with van der Waals surface area (Å²) in [6, 6.07) is 71.4. The highest BCUT2D eigenvalue weighted by Gasteiger charge is 2.22. The second-order valence-electron chi connectivity index (χ2n) is 14.5. The molecule has 250 valence electrons. The zero-order valence-corrected chi connectivity index (χ0v) is 29.4. The third-order valence-corrected chi connectivity index (χ3v) is 11.7. The summed E-state index contributed by atoms with van der Waals surface area (Å²) in [6.07, 6.45) is 0. The van der Waals surface area contributed by atoms with Crippen LogP contribution in [0.1, 0.15) is 0 Å². The Bertz CT molecular complexity index is 3280.